The summed E-state index contributed by atoms with van der Waals surface area (Å²) in [5.74, 6) is -0.147. The molecule has 2 aromatic carbocycles. The quantitative estimate of drug-likeness (QED) is 0.843. The Balaban J connectivity index is 2.04. The molecular weight excluding hydrogens is 225 g/mol. The Hall–Kier alpha value is -1.83. The number of nitrogens with one attached hydrogen (secondary N) is 1. The molecule has 0 unspecified atom stereocenters. The lowest BCUT2D eigenvalue weighted by atomic mass is 10.1. The lowest BCUT2D eigenvalue weighted by molar-refractivity contribution is 0.617. The molecule has 0 spiro atoms. The summed E-state index contributed by atoms with van der Waals surface area (Å²) < 4.78 is 13.1. The first-order valence-electron chi connectivity index (χ1n) is 6.27. The maximum absolute atomic E-state index is 13.1. The lowest BCUT2D eigenvalue weighted by Gasteiger charge is -2.08. The first kappa shape index (κ1) is 12.6. The first-order chi connectivity index (χ1) is 8.69. The maximum Gasteiger partial charge on any atom is 0.126 e. The first-order valence-corrected chi connectivity index (χ1v) is 6.27. The van der Waals surface area contributed by atoms with Crippen molar-refractivity contribution in [1.29, 1.82) is 0 Å². The minimum absolute atomic E-state index is 0.147. The molecule has 0 heterocycles. The summed E-state index contributed by atoms with van der Waals surface area (Å²) in [5, 5.41) is 3.36. The maximum atomic E-state index is 13.1. The molecule has 0 saturated carbocycles. The highest BCUT2D eigenvalue weighted by Crippen LogP contribution is 2.14. The summed E-state index contributed by atoms with van der Waals surface area (Å²) in [6, 6.07) is 13.6. The molecule has 1 N–H and O–H groups in total. The van der Waals surface area contributed by atoms with E-state index in [1.54, 1.807) is 6.92 Å². The summed E-state index contributed by atoms with van der Waals surface area (Å²) >= 11 is 0. The van der Waals surface area contributed by atoms with E-state index < -0.39 is 0 Å². The van der Waals surface area contributed by atoms with Crippen molar-refractivity contribution in [3.63, 3.8) is 0 Å². The van der Waals surface area contributed by atoms with E-state index in [0.717, 1.165) is 17.7 Å². The fourth-order valence-electron chi connectivity index (χ4n) is 1.92. The highest BCUT2D eigenvalue weighted by Gasteiger charge is 1.99. The number of halogens is 1. The second kappa shape index (κ2) is 5.67. The minimum Gasteiger partial charge on any atom is -0.381 e. The van der Waals surface area contributed by atoms with Crippen molar-refractivity contribution in [3.05, 3.63) is 65.0 Å². The van der Waals surface area contributed by atoms with Gasteiger partial charge in [0.15, 0.2) is 0 Å². The molecule has 18 heavy (non-hydrogen) atoms. The van der Waals surface area contributed by atoms with E-state index in [1.807, 2.05) is 12.1 Å². The van der Waals surface area contributed by atoms with Crippen LogP contribution in [0.25, 0.3) is 0 Å². The summed E-state index contributed by atoms with van der Waals surface area (Å²) in [6.45, 7) is 4.65. The number of rotatable bonds is 4. The number of anilines is 1. The lowest BCUT2D eigenvalue weighted by Crippen LogP contribution is -2.00. The summed E-state index contributed by atoms with van der Waals surface area (Å²) in [7, 11) is 0. The van der Waals surface area contributed by atoms with Gasteiger partial charge in [-0.3, -0.25) is 0 Å². The third-order valence-electron chi connectivity index (χ3n) is 3.05. The van der Waals surface area contributed by atoms with Gasteiger partial charge in [-0.1, -0.05) is 31.2 Å². The number of hydrogen-bond acceptors (Lipinski definition) is 1. The van der Waals surface area contributed by atoms with Gasteiger partial charge < -0.3 is 5.32 Å². The topological polar surface area (TPSA) is 12.0 Å². The fraction of sp³-hybridized carbons (Fsp3) is 0.250. The molecule has 0 aliphatic rings. The van der Waals surface area contributed by atoms with Crippen LogP contribution in [0.3, 0.4) is 0 Å². The number of hydrogen-bond donors (Lipinski definition) is 1. The molecule has 0 fully saturated rings. The Kier molecular flexibility index (Phi) is 3.98. The molecule has 1 nitrogen and oxygen atoms in total. The van der Waals surface area contributed by atoms with Gasteiger partial charge in [-0.2, -0.15) is 0 Å². The zero-order chi connectivity index (χ0) is 13.0. The standard InChI is InChI=1S/C16H18FN/c1-3-13-5-4-6-15(10-13)18-11-14-7-8-16(17)12(2)9-14/h4-10,18H,3,11H2,1-2H3. The molecular formula is C16H18FN. The van der Waals surface area contributed by atoms with Crippen LogP contribution in [0.4, 0.5) is 10.1 Å². The van der Waals surface area contributed by atoms with Crippen LogP contribution < -0.4 is 5.32 Å². The van der Waals surface area contributed by atoms with Gasteiger partial charge in [0, 0.05) is 12.2 Å². The summed E-state index contributed by atoms with van der Waals surface area (Å²) in [6.07, 6.45) is 1.03. The predicted octanol–water partition coefficient (Wildman–Crippen LogP) is 4.31. The van der Waals surface area contributed by atoms with Crippen LogP contribution in [0, 0.1) is 12.7 Å². The Labute approximate surface area is 108 Å². The molecule has 94 valence electrons. The highest BCUT2D eigenvalue weighted by atomic mass is 19.1. The molecule has 2 aromatic rings. The van der Waals surface area contributed by atoms with E-state index in [9.17, 15) is 4.39 Å². The molecule has 0 radical (unpaired) electrons. The Morgan fingerprint density at radius 1 is 1.06 bits per heavy atom. The third-order valence-corrected chi connectivity index (χ3v) is 3.05. The molecule has 0 aromatic heterocycles. The van der Waals surface area contributed by atoms with Crippen LogP contribution in [0.5, 0.6) is 0 Å². The molecule has 0 aliphatic heterocycles. The molecule has 0 saturated heterocycles. The molecule has 2 heteroatoms. The van der Waals surface area contributed by atoms with Crippen molar-refractivity contribution in [2.24, 2.45) is 0 Å². The van der Waals surface area contributed by atoms with Gasteiger partial charge in [-0.15, -0.1) is 0 Å². The second-order valence-corrected chi connectivity index (χ2v) is 4.49. The number of benzene rings is 2. The van der Waals surface area contributed by atoms with Crippen LogP contribution in [0.2, 0.25) is 0 Å². The van der Waals surface area contributed by atoms with E-state index in [0.29, 0.717) is 12.1 Å². The zero-order valence-electron chi connectivity index (χ0n) is 10.8. The average Bonchev–Trinajstić information content (AvgIpc) is 2.40. The molecule has 0 aliphatic carbocycles. The molecule has 2 rings (SSSR count). The molecule has 0 amide bonds. The largest absolute Gasteiger partial charge is 0.381 e. The van der Waals surface area contributed by atoms with Crippen molar-refractivity contribution >= 4 is 5.69 Å². The SMILES string of the molecule is CCc1cccc(NCc2ccc(F)c(C)c2)c1. The van der Waals surface area contributed by atoms with E-state index in [2.05, 4.69) is 36.5 Å². The Bertz CT molecular complexity index is 534. The Morgan fingerprint density at radius 2 is 1.89 bits per heavy atom. The summed E-state index contributed by atoms with van der Waals surface area (Å²) in [4.78, 5) is 0. The van der Waals surface area contributed by atoms with Crippen molar-refractivity contribution in [3.8, 4) is 0 Å². The van der Waals surface area contributed by atoms with Crippen molar-refractivity contribution < 1.29 is 4.39 Å². The van der Waals surface area contributed by atoms with Crippen LogP contribution in [-0.4, -0.2) is 0 Å². The van der Waals surface area contributed by atoms with Gasteiger partial charge in [0.1, 0.15) is 5.82 Å². The monoisotopic (exact) mass is 243 g/mol. The van der Waals surface area contributed by atoms with Gasteiger partial charge in [-0.05, 0) is 48.2 Å². The molecule has 0 atom stereocenters. The highest BCUT2D eigenvalue weighted by molar-refractivity contribution is 5.46. The third kappa shape index (κ3) is 3.10. The van der Waals surface area contributed by atoms with Crippen LogP contribution in [0.1, 0.15) is 23.6 Å². The van der Waals surface area contributed by atoms with Crippen LogP contribution in [-0.2, 0) is 13.0 Å². The smallest absolute Gasteiger partial charge is 0.126 e. The van der Waals surface area contributed by atoms with Crippen molar-refractivity contribution in [2.75, 3.05) is 5.32 Å². The average molecular weight is 243 g/mol. The van der Waals surface area contributed by atoms with Crippen LogP contribution >= 0.6 is 0 Å². The van der Waals surface area contributed by atoms with Crippen LogP contribution in [0.15, 0.2) is 42.5 Å². The van der Waals surface area contributed by atoms with Gasteiger partial charge in [0.05, 0.1) is 0 Å². The normalized spacial score (nSPS) is 10.4. The fourth-order valence-corrected chi connectivity index (χ4v) is 1.92. The van der Waals surface area contributed by atoms with E-state index in [1.165, 1.54) is 11.6 Å². The predicted molar refractivity (Wildman–Crippen MR) is 74.3 cm³/mol. The minimum atomic E-state index is -0.147. The van der Waals surface area contributed by atoms with Gasteiger partial charge >= 0.3 is 0 Å². The van der Waals surface area contributed by atoms with E-state index in [-0.39, 0.29) is 5.82 Å². The van der Waals surface area contributed by atoms with Crippen molar-refractivity contribution in [1.82, 2.24) is 0 Å². The van der Waals surface area contributed by atoms with Gasteiger partial charge in [-0.25, -0.2) is 4.39 Å². The van der Waals surface area contributed by atoms with E-state index in [4.69, 9.17) is 0 Å². The van der Waals surface area contributed by atoms with Gasteiger partial charge in [0.25, 0.3) is 0 Å². The summed E-state index contributed by atoms with van der Waals surface area (Å²) in [5.41, 5.74) is 4.21. The molecule has 0 bridgehead atoms. The van der Waals surface area contributed by atoms with Gasteiger partial charge in [0.2, 0.25) is 0 Å². The zero-order valence-corrected chi connectivity index (χ0v) is 10.8. The second-order valence-electron chi connectivity index (χ2n) is 4.49. The number of aryl methyl sites for hydroxylation is 2. The van der Waals surface area contributed by atoms with E-state index >= 15 is 0 Å². The van der Waals surface area contributed by atoms with Crippen molar-refractivity contribution in [2.45, 2.75) is 26.8 Å². The Morgan fingerprint density at radius 3 is 2.61 bits per heavy atom.